The molecular formula is C12H12BrF2NO2. The van der Waals surface area contributed by atoms with E-state index >= 15 is 0 Å². The van der Waals surface area contributed by atoms with Crippen LogP contribution in [0.1, 0.15) is 52.5 Å². The van der Waals surface area contributed by atoms with Gasteiger partial charge in [0.1, 0.15) is 5.69 Å². The monoisotopic (exact) mass is 319 g/mol. The van der Waals surface area contributed by atoms with E-state index in [1.54, 1.807) is 0 Å². The van der Waals surface area contributed by atoms with Crippen LogP contribution in [-0.4, -0.2) is 16.1 Å². The molecule has 0 aliphatic heterocycles. The van der Waals surface area contributed by atoms with Crippen molar-refractivity contribution in [3.63, 3.8) is 0 Å². The lowest BCUT2D eigenvalue weighted by Crippen LogP contribution is -2.20. The molecule has 1 saturated carbocycles. The molecule has 98 valence electrons. The first-order valence-corrected chi connectivity index (χ1v) is 6.42. The predicted octanol–water partition coefficient (Wildman–Crippen LogP) is 3.80. The molecule has 1 N–H and O–H groups in total. The number of hydrogen-bond donors (Lipinski definition) is 1. The molecule has 0 aromatic carbocycles. The largest absolute Gasteiger partial charge is 0.478 e. The van der Waals surface area contributed by atoms with Gasteiger partial charge in [-0.25, -0.2) is 9.78 Å². The maximum absolute atomic E-state index is 13.2. The first-order chi connectivity index (χ1) is 8.30. The van der Waals surface area contributed by atoms with Gasteiger partial charge in [0.15, 0.2) is 0 Å². The molecule has 3 nitrogen and oxygen atoms in total. The third-order valence-corrected chi connectivity index (χ3v) is 3.65. The van der Waals surface area contributed by atoms with Crippen molar-refractivity contribution in [1.82, 2.24) is 4.98 Å². The van der Waals surface area contributed by atoms with Crippen LogP contribution >= 0.6 is 15.9 Å². The Balaban J connectivity index is 2.58. The number of alkyl halides is 3. The molecule has 1 aliphatic carbocycles. The zero-order valence-electron chi connectivity index (χ0n) is 9.71. The van der Waals surface area contributed by atoms with E-state index in [0.717, 1.165) is 25.3 Å². The van der Waals surface area contributed by atoms with Crippen molar-refractivity contribution in [2.75, 3.05) is 0 Å². The van der Waals surface area contributed by atoms with Crippen LogP contribution in [-0.2, 0) is 4.83 Å². The van der Waals surface area contributed by atoms with Gasteiger partial charge in [-0.1, -0.05) is 6.42 Å². The van der Waals surface area contributed by atoms with Gasteiger partial charge in [0.25, 0.3) is 0 Å². The molecule has 0 saturated heterocycles. The molecule has 1 aromatic heterocycles. The summed E-state index contributed by atoms with van der Waals surface area (Å²) in [4.78, 5) is 11.9. The molecule has 18 heavy (non-hydrogen) atoms. The first-order valence-electron chi connectivity index (χ1n) is 5.62. The fourth-order valence-electron chi connectivity index (χ4n) is 2.10. The average Bonchev–Trinajstić information content (AvgIpc) is 2.11. The lowest BCUT2D eigenvalue weighted by Gasteiger charge is -2.27. The van der Waals surface area contributed by atoms with E-state index in [-0.39, 0.29) is 11.5 Å². The van der Waals surface area contributed by atoms with Gasteiger partial charge in [0.05, 0.1) is 11.3 Å². The van der Waals surface area contributed by atoms with E-state index in [2.05, 4.69) is 20.9 Å². The number of carboxylic acid groups (broad SMARTS) is 1. The highest BCUT2D eigenvalue weighted by Gasteiger charge is 2.34. The Morgan fingerprint density at radius 1 is 1.56 bits per heavy atom. The van der Waals surface area contributed by atoms with Crippen LogP contribution in [0.15, 0.2) is 6.07 Å². The first kappa shape index (κ1) is 13.4. The Labute approximate surface area is 111 Å². The second kappa shape index (κ2) is 4.57. The highest BCUT2D eigenvalue weighted by Crippen LogP contribution is 2.40. The Hall–Kier alpha value is -1.04. The van der Waals surface area contributed by atoms with E-state index < -0.39 is 16.5 Å². The summed E-state index contributed by atoms with van der Waals surface area (Å²) in [5.41, 5.74) is 0.267. The molecule has 1 fully saturated rings. The summed E-state index contributed by atoms with van der Waals surface area (Å²) in [5, 5.41) is 9.17. The zero-order valence-corrected chi connectivity index (χ0v) is 11.3. The maximum atomic E-state index is 13.2. The topological polar surface area (TPSA) is 50.2 Å². The Kier molecular flexibility index (Phi) is 3.40. The van der Waals surface area contributed by atoms with E-state index in [9.17, 15) is 13.6 Å². The SMILES string of the molecule is Cc1cc(C(F)(F)Br)nc(C2CCC2)c1C(=O)O. The Bertz CT molecular complexity index is 496. The number of pyridine rings is 1. The standard InChI is InChI=1S/C12H12BrF2NO2/c1-6-5-8(12(13,14)15)16-10(7-3-2-4-7)9(6)11(17)18/h5,7H,2-4H2,1H3,(H,17,18). The third-order valence-electron chi connectivity index (χ3n) is 3.24. The van der Waals surface area contributed by atoms with Crippen LogP contribution in [0.4, 0.5) is 8.78 Å². The normalized spacial score (nSPS) is 16.4. The zero-order chi connectivity index (χ0) is 13.5. The summed E-state index contributed by atoms with van der Waals surface area (Å²) in [6.07, 6.45) is 2.60. The van der Waals surface area contributed by atoms with Gasteiger partial charge in [-0.15, -0.1) is 0 Å². The van der Waals surface area contributed by atoms with E-state index in [4.69, 9.17) is 5.11 Å². The molecule has 0 amide bonds. The molecule has 0 unspecified atom stereocenters. The quantitative estimate of drug-likeness (QED) is 0.862. The van der Waals surface area contributed by atoms with Crippen LogP contribution in [0.5, 0.6) is 0 Å². The van der Waals surface area contributed by atoms with Crippen LogP contribution in [0.2, 0.25) is 0 Å². The summed E-state index contributed by atoms with van der Waals surface area (Å²) < 4.78 is 26.5. The minimum atomic E-state index is -3.23. The second-order valence-corrected chi connectivity index (χ2v) is 5.51. The summed E-state index contributed by atoms with van der Waals surface area (Å²) in [6.45, 7) is 1.52. The number of aromatic nitrogens is 1. The average molecular weight is 320 g/mol. The van der Waals surface area contributed by atoms with E-state index in [0.29, 0.717) is 11.3 Å². The van der Waals surface area contributed by atoms with Gasteiger partial charge < -0.3 is 5.11 Å². The Morgan fingerprint density at radius 3 is 2.56 bits per heavy atom. The Morgan fingerprint density at radius 2 is 2.17 bits per heavy atom. The number of carboxylic acids is 1. The number of aromatic carboxylic acids is 1. The molecular weight excluding hydrogens is 308 g/mol. The number of halogens is 3. The number of nitrogens with zero attached hydrogens (tertiary/aromatic N) is 1. The number of carbonyl (C=O) groups is 1. The lowest BCUT2D eigenvalue weighted by atomic mass is 9.80. The van der Waals surface area contributed by atoms with Crippen molar-refractivity contribution in [3.05, 3.63) is 28.6 Å². The molecule has 0 spiro atoms. The van der Waals surface area contributed by atoms with Crippen LogP contribution in [0.3, 0.4) is 0 Å². The van der Waals surface area contributed by atoms with Crippen molar-refractivity contribution in [2.24, 2.45) is 0 Å². The van der Waals surface area contributed by atoms with Gasteiger partial charge in [0, 0.05) is 5.92 Å². The molecule has 0 bridgehead atoms. The number of rotatable bonds is 3. The van der Waals surface area contributed by atoms with Gasteiger partial charge in [-0.2, -0.15) is 8.78 Å². The van der Waals surface area contributed by atoms with E-state index in [1.165, 1.54) is 6.92 Å². The van der Waals surface area contributed by atoms with Crippen molar-refractivity contribution in [3.8, 4) is 0 Å². The summed E-state index contributed by atoms with van der Waals surface area (Å²) in [5.74, 6) is -1.11. The predicted molar refractivity (Wildman–Crippen MR) is 65.3 cm³/mol. The van der Waals surface area contributed by atoms with Crippen molar-refractivity contribution in [1.29, 1.82) is 0 Å². The van der Waals surface area contributed by atoms with Gasteiger partial charge >= 0.3 is 10.8 Å². The van der Waals surface area contributed by atoms with Gasteiger partial charge in [-0.3, -0.25) is 0 Å². The number of hydrogen-bond acceptors (Lipinski definition) is 2. The molecule has 1 aliphatic rings. The fourth-order valence-corrected chi connectivity index (χ4v) is 2.30. The minimum Gasteiger partial charge on any atom is -0.478 e. The lowest BCUT2D eigenvalue weighted by molar-refractivity contribution is 0.0690. The summed E-state index contributed by atoms with van der Waals surface area (Å²) >= 11 is 2.26. The fraction of sp³-hybridized carbons (Fsp3) is 0.500. The van der Waals surface area contributed by atoms with Crippen LogP contribution < -0.4 is 0 Å². The molecule has 0 radical (unpaired) electrons. The second-order valence-electron chi connectivity index (χ2n) is 4.52. The van der Waals surface area contributed by atoms with Crippen molar-refractivity contribution < 1.29 is 18.7 Å². The van der Waals surface area contributed by atoms with Gasteiger partial charge in [0.2, 0.25) is 0 Å². The van der Waals surface area contributed by atoms with Gasteiger partial charge in [-0.05, 0) is 47.3 Å². The summed E-state index contributed by atoms with van der Waals surface area (Å²) in [6, 6.07) is 1.13. The highest BCUT2D eigenvalue weighted by atomic mass is 79.9. The minimum absolute atomic E-state index is 0.00963. The maximum Gasteiger partial charge on any atom is 0.343 e. The molecule has 0 atom stereocenters. The number of aryl methyl sites for hydroxylation is 1. The smallest absolute Gasteiger partial charge is 0.343 e. The highest BCUT2D eigenvalue weighted by molar-refractivity contribution is 9.09. The molecule has 6 heteroatoms. The third kappa shape index (κ3) is 2.39. The summed E-state index contributed by atoms with van der Waals surface area (Å²) in [7, 11) is 0. The molecule has 1 heterocycles. The van der Waals surface area contributed by atoms with E-state index in [1.807, 2.05) is 0 Å². The molecule has 2 rings (SSSR count). The van der Waals surface area contributed by atoms with Crippen molar-refractivity contribution >= 4 is 21.9 Å². The van der Waals surface area contributed by atoms with Crippen LogP contribution in [0.25, 0.3) is 0 Å². The molecule has 1 aromatic rings. The van der Waals surface area contributed by atoms with Crippen molar-refractivity contribution in [2.45, 2.75) is 36.9 Å². The van der Waals surface area contributed by atoms with Crippen LogP contribution in [0, 0.1) is 6.92 Å².